The van der Waals surface area contributed by atoms with Gasteiger partial charge in [0.2, 0.25) is 5.91 Å². The highest BCUT2D eigenvalue weighted by molar-refractivity contribution is 6.04. The number of ether oxygens (including phenoxy) is 2. The molecule has 53 heavy (non-hydrogen) atoms. The molecule has 278 valence electrons. The number of benzene rings is 3. The second kappa shape index (κ2) is 18.1. The standard InChI is InChI=1S/C37H42N8O8/c1-6-23(4)42-35(47)28-14-27(15-29(16-28)45(50)51)30-19-40-34(41-22(2)3)36(48)44(30)20-32(46)39-18-26-13-12-25(17-31(26)52-5)33(38)43-37(49)53-21-24-10-8-7-9-11-24/h7-17,19,22-23H,6,18,20-21H2,1-5H3,(H,39,46)(H,40,41)(H,42,47)(H2,38,43,49)/t23-/m0/s1. The Morgan fingerprint density at radius 3 is 2.42 bits per heavy atom. The van der Waals surface area contributed by atoms with Crippen LogP contribution in [0.4, 0.5) is 16.3 Å². The lowest BCUT2D eigenvalue weighted by Gasteiger charge is -2.17. The zero-order valence-corrected chi connectivity index (χ0v) is 30.0. The smallest absolute Gasteiger partial charge is 0.413 e. The molecule has 3 amide bonds. The first kappa shape index (κ1) is 39.2. The minimum absolute atomic E-state index is 0.00484. The van der Waals surface area contributed by atoms with Gasteiger partial charge in [-0.25, -0.2) is 9.78 Å². The summed E-state index contributed by atoms with van der Waals surface area (Å²) >= 11 is 0. The highest BCUT2D eigenvalue weighted by Crippen LogP contribution is 2.26. The first-order valence-electron chi connectivity index (χ1n) is 16.8. The average Bonchev–Trinajstić information content (AvgIpc) is 3.14. The van der Waals surface area contributed by atoms with E-state index in [9.17, 15) is 29.3 Å². The molecule has 1 atom stereocenters. The number of hydrogen-bond acceptors (Lipinski definition) is 11. The zero-order valence-electron chi connectivity index (χ0n) is 30.0. The summed E-state index contributed by atoms with van der Waals surface area (Å²) in [5, 5.41) is 31.1. The van der Waals surface area contributed by atoms with Gasteiger partial charge in [-0.3, -0.25) is 39.8 Å². The van der Waals surface area contributed by atoms with Gasteiger partial charge < -0.3 is 25.4 Å². The van der Waals surface area contributed by atoms with E-state index in [1.54, 1.807) is 31.2 Å². The number of nitro groups is 1. The summed E-state index contributed by atoms with van der Waals surface area (Å²) in [4.78, 5) is 67.8. The van der Waals surface area contributed by atoms with Crippen molar-refractivity contribution in [2.45, 2.75) is 65.9 Å². The van der Waals surface area contributed by atoms with Crippen LogP contribution in [-0.4, -0.2) is 57.4 Å². The summed E-state index contributed by atoms with van der Waals surface area (Å²) < 4.78 is 11.8. The van der Waals surface area contributed by atoms with Crippen molar-refractivity contribution in [3.63, 3.8) is 0 Å². The Labute approximate surface area is 305 Å². The highest BCUT2D eigenvalue weighted by atomic mass is 16.6. The molecule has 1 heterocycles. The lowest BCUT2D eigenvalue weighted by molar-refractivity contribution is -0.384. The number of alkyl carbamates (subject to hydrolysis) is 1. The molecule has 0 aliphatic carbocycles. The molecule has 16 heteroatoms. The fraction of sp³-hybridized carbons (Fsp3) is 0.297. The topological polar surface area (TPSA) is 220 Å². The largest absolute Gasteiger partial charge is 0.496 e. The fourth-order valence-electron chi connectivity index (χ4n) is 5.03. The van der Waals surface area contributed by atoms with Crippen LogP contribution in [0.2, 0.25) is 0 Å². The molecule has 0 unspecified atom stereocenters. The van der Waals surface area contributed by atoms with Crippen LogP contribution < -0.4 is 31.6 Å². The molecule has 0 saturated carbocycles. The molecule has 0 saturated heterocycles. The summed E-state index contributed by atoms with van der Waals surface area (Å²) in [6, 6.07) is 17.2. The Balaban J connectivity index is 1.54. The van der Waals surface area contributed by atoms with E-state index in [1.807, 2.05) is 39.0 Å². The predicted molar refractivity (Wildman–Crippen MR) is 198 cm³/mol. The molecular formula is C37H42N8O8. The maximum Gasteiger partial charge on any atom is 0.413 e. The molecule has 4 aromatic rings. The molecular weight excluding hydrogens is 684 g/mol. The third kappa shape index (κ3) is 10.7. The number of nitro benzene ring substituents is 1. The summed E-state index contributed by atoms with van der Waals surface area (Å²) in [5.74, 6) is -1.06. The second-order valence-electron chi connectivity index (χ2n) is 12.4. The quantitative estimate of drug-likeness (QED) is 0.0490. The molecule has 0 aliphatic rings. The van der Waals surface area contributed by atoms with Gasteiger partial charge in [-0.1, -0.05) is 49.4 Å². The third-order valence-corrected chi connectivity index (χ3v) is 7.95. The number of amides is 3. The molecule has 0 radical (unpaired) electrons. The first-order chi connectivity index (χ1) is 25.3. The van der Waals surface area contributed by atoms with Gasteiger partial charge in [0.25, 0.3) is 17.2 Å². The molecule has 0 fully saturated rings. The van der Waals surface area contributed by atoms with Crippen LogP contribution in [0.5, 0.6) is 5.75 Å². The van der Waals surface area contributed by atoms with E-state index in [0.717, 1.165) is 16.2 Å². The van der Waals surface area contributed by atoms with E-state index in [4.69, 9.17) is 14.9 Å². The Morgan fingerprint density at radius 2 is 1.75 bits per heavy atom. The average molecular weight is 727 g/mol. The van der Waals surface area contributed by atoms with E-state index in [0.29, 0.717) is 23.3 Å². The number of anilines is 1. The van der Waals surface area contributed by atoms with Crippen molar-refractivity contribution >= 4 is 35.2 Å². The highest BCUT2D eigenvalue weighted by Gasteiger charge is 2.21. The van der Waals surface area contributed by atoms with Gasteiger partial charge in [0, 0.05) is 53.0 Å². The van der Waals surface area contributed by atoms with Crippen molar-refractivity contribution in [1.29, 1.82) is 5.41 Å². The van der Waals surface area contributed by atoms with E-state index in [2.05, 4.69) is 26.3 Å². The van der Waals surface area contributed by atoms with Crippen LogP contribution in [0.1, 0.15) is 61.2 Å². The van der Waals surface area contributed by atoms with Gasteiger partial charge >= 0.3 is 6.09 Å². The van der Waals surface area contributed by atoms with Crippen molar-refractivity contribution in [3.05, 3.63) is 116 Å². The number of carbonyl (C=O) groups excluding carboxylic acids is 3. The zero-order chi connectivity index (χ0) is 38.7. The molecule has 1 aromatic heterocycles. The van der Waals surface area contributed by atoms with Crippen molar-refractivity contribution in [3.8, 4) is 17.0 Å². The SMILES string of the molecule is CC[C@H](C)NC(=O)c1cc(-c2cnc(NC(C)C)c(=O)n2CC(=O)NCc2ccc(C(=N)NC(=O)OCc3ccccc3)cc2OC)cc([N+](=O)[O-])c1. The maximum atomic E-state index is 13.7. The minimum Gasteiger partial charge on any atom is -0.496 e. The van der Waals surface area contributed by atoms with E-state index in [-0.39, 0.29) is 59.4 Å². The normalized spacial score (nSPS) is 11.3. The summed E-state index contributed by atoms with van der Waals surface area (Å²) in [7, 11) is 1.41. The molecule has 16 nitrogen and oxygen atoms in total. The van der Waals surface area contributed by atoms with Crippen LogP contribution >= 0.6 is 0 Å². The Morgan fingerprint density at radius 1 is 1.02 bits per heavy atom. The van der Waals surface area contributed by atoms with Gasteiger partial charge in [-0.15, -0.1) is 0 Å². The number of methoxy groups -OCH3 is 1. The monoisotopic (exact) mass is 726 g/mol. The molecule has 0 aliphatic heterocycles. The van der Waals surface area contributed by atoms with Gasteiger partial charge in [-0.05, 0) is 44.9 Å². The first-order valence-corrected chi connectivity index (χ1v) is 16.8. The number of hydrogen-bond donors (Lipinski definition) is 5. The number of carbonyl (C=O) groups is 3. The molecule has 0 bridgehead atoms. The van der Waals surface area contributed by atoms with Gasteiger partial charge in [0.15, 0.2) is 5.82 Å². The molecule has 0 spiro atoms. The molecule has 3 aromatic carbocycles. The molecule has 4 rings (SSSR count). The molecule has 5 N–H and O–H groups in total. The number of rotatable bonds is 15. The number of nitrogens with one attached hydrogen (secondary N) is 5. The van der Waals surface area contributed by atoms with E-state index in [1.165, 1.54) is 31.5 Å². The summed E-state index contributed by atoms with van der Waals surface area (Å²) in [6.07, 6.45) is 1.15. The Kier molecular flexibility index (Phi) is 13.4. The minimum atomic E-state index is -0.803. The van der Waals surface area contributed by atoms with E-state index >= 15 is 0 Å². The lowest BCUT2D eigenvalue weighted by atomic mass is 10.1. The van der Waals surface area contributed by atoms with Crippen molar-refractivity contribution in [2.75, 3.05) is 12.4 Å². The number of aromatic nitrogens is 2. The number of non-ortho nitro benzene ring substituents is 1. The van der Waals surface area contributed by atoms with Crippen LogP contribution in [-0.2, 0) is 29.2 Å². The number of nitrogens with zero attached hydrogens (tertiary/aromatic N) is 3. The predicted octanol–water partition coefficient (Wildman–Crippen LogP) is 4.74. The van der Waals surface area contributed by atoms with Gasteiger partial charge in [0.05, 0.1) is 23.9 Å². The van der Waals surface area contributed by atoms with Crippen LogP contribution in [0, 0.1) is 15.5 Å². The summed E-state index contributed by atoms with van der Waals surface area (Å²) in [6.45, 7) is 6.80. The van der Waals surface area contributed by atoms with Crippen LogP contribution in [0.25, 0.3) is 11.3 Å². The van der Waals surface area contributed by atoms with Gasteiger partial charge in [0.1, 0.15) is 24.7 Å². The maximum absolute atomic E-state index is 13.7. The second-order valence-corrected chi connectivity index (χ2v) is 12.4. The Bertz CT molecular complexity index is 2050. The van der Waals surface area contributed by atoms with Crippen molar-refractivity contribution in [1.82, 2.24) is 25.5 Å². The van der Waals surface area contributed by atoms with E-state index < -0.39 is 34.9 Å². The summed E-state index contributed by atoms with van der Waals surface area (Å²) in [5.41, 5.74) is 0.830. The lowest BCUT2D eigenvalue weighted by Crippen LogP contribution is -2.35. The Hall–Kier alpha value is -6.58. The van der Waals surface area contributed by atoms with Gasteiger partial charge in [-0.2, -0.15) is 0 Å². The van der Waals surface area contributed by atoms with Crippen molar-refractivity contribution < 1.29 is 28.8 Å². The van der Waals surface area contributed by atoms with Crippen LogP contribution in [0.3, 0.4) is 0 Å². The fourth-order valence-corrected chi connectivity index (χ4v) is 5.03. The third-order valence-electron chi connectivity index (χ3n) is 7.95. The van der Waals surface area contributed by atoms with Crippen LogP contribution in [0.15, 0.2) is 77.7 Å². The van der Waals surface area contributed by atoms with Crippen molar-refractivity contribution in [2.24, 2.45) is 0 Å². The number of amidine groups is 1.